The molecule has 0 saturated heterocycles. The molecule has 0 heterocycles. The summed E-state index contributed by atoms with van der Waals surface area (Å²) < 4.78 is 30.5. The van der Waals surface area contributed by atoms with Crippen molar-refractivity contribution in [2.75, 3.05) is 27.2 Å². The number of hydrogen-bond donors (Lipinski definition) is 1. The van der Waals surface area contributed by atoms with Gasteiger partial charge in [0.25, 0.3) is 5.91 Å². The standard InChI is InChI=1S/C18H22N2O4S/c1-20(2)25(22,23)17-10-8-16(9-11-17)24-14-18(21)19-13-12-15-6-4-3-5-7-15/h3-11H,12-14H2,1-2H3,(H,19,21). The molecule has 0 saturated carbocycles. The molecule has 2 aromatic carbocycles. The van der Waals surface area contributed by atoms with Crippen LogP contribution in [-0.4, -0.2) is 45.9 Å². The summed E-state index contributed by atoms with van der Waals surface area (Å²) in [6.45, 7) is 0.417. The molecule has 7 heteroatoms. The van der Waals surface area contributed by atoms with Gasteiger partial charge in [-0.15, -0.1) is 0 Å². The number of rotatable bonds is 8. The minimum absolute atomic E-state index is 0.117. The first kappa shape index (κ1) is 19.0. The van der Waals surface area contributed by atoms with Crippen LogP contribution in [0.25, 0.3) is 0 Å². The molecule has 1 amide bonds. The quantitative estimate of drug-likeness (QED) is 0.775. The molecule has 2 rings (SSSR count). The summed E-state index contributed by atoms with van der Waals surface area (Å²) in [5, 5.41) is 2.79. The van der Waals surface area contributed by atoms with E-state index in [4.69, 9.17) is 4.74 Å². The van der Waals surface area contributed by atoms with Crippen molar-refractivity contribution in [2.45, 2.75) is 11.3 Å². The van der Waals surface area contributed by atoms with E-state index in [1.807, 2.05) is 30.3 Å². The van der Waals surface area contributed by atoms with Crippen LogP contribution < -0.4 is 10.1 Å². The summed E-state index contributed by atoms with van der Waals surface area (Å²) in [5.41, 5.74) is 1.15. The molecule has 25 heavy (non-hydrogen) atoms. The number of sulfonamides is 1. The highest BCUT2D eigenvalue weighted by Gasteiger charge is 2.16. The van der Waals surface area contributed by atoms with Gasteiger partial charge in [-0.3, -0.25) is 4.79 Å². The second-order valence-electron chi connectivity index (χ2n) is 5.63. The van der Waals surface area contributed by atoms with E-state index < -0.39 is 10.0 Å². The van der Waals surface area contributed by atoms with E-state index in [1.54, 1.807) is 0 Å². The zero-order valence-electron chi connectivity index (χ0n) is 14.3. The van der Waals surface area contributed by atoms with Gasteiger partial charge in [0.2, 0.25) is 10.0 Å². The van der Waals surface area contributed by atoms with Crippen LogP contribution in [0.5, 0.6) is 5.75 Å². The number of nitrogens with zero attached hydrogens (tertiary/aromatic N) is 1. The van der Waals surface area contributed by atoms with Crippen molar-refractivity contribution in [3.8, 4) is 5.75 Å². The molecule has 0 atom stereocenters. The number of carbonyl (C=O) groups is 1. The van der Waals surface area contributed by atoms with Gasteiger partial charge in [-0.2, -0.15) is 0 Å². The van der Waals surface area contributed by atoms with Crippen LogP contribution in [0.15, 0.2) is 59.5 Å². The van der Waals surface area contributed by atoms with Gasteiger partial charge in [-0.25, -0.2) is 12.7 Å². The molecule has 0 radical (unpaired) electrons. The maximum Gasteiger partial charge on any atom is 0.257 e. The first-order valence-corrected chi connectivity index (χ1v) is 9.29. The fraction of sp³-hybridized carbons (Fsp3) is 0.278. The van der Waals surface area contributed by atoms with E-state index in [0.717, 1.165) is 16.3 Å². The highest BCUT2D eigenvalue weighted by molar-refractivity contribution is 7.89. The predicted molar refractivity (Wildman–Crippen MR) is 96.0 cm³/mol. The van der Waals surface area contributed by atoms with Gasteiger partial charge in [0.05, 0.1) is 4.90 Å². The smallest absolute Gasteiger partial charge is 0.257 e. The first-order valence-electron chi connectivity index (χ1n) is 7.85. The van der Waals surface area contributed by atoms with Crippen LogP contribution in [0, 0.1) is 0 Å². The largest absolute Gasteiger partial charge is 0.484 e. The molecule has 0 spiro atoms. The summed E-state index contributed by atoms with van der Waals surface area (Å²) in [4.78, 5) is 12.0. The average molecular weight is 362 g/mol. The maximum absolute atomic E-state index is 12.0. The van der Waals surface area contributed by atoms with Crippen molar-refractivity contribution >= 4 is 15.9 Å². The van der Waals surface area contributed by atoms with Gasteiger partial charge >= 0.3 is 0 Å². The molecule has 0 aromatic heterocycles. The Bertz CT molecular complexity index is 788. The Morgan fingerprint density at radius 1 is 1.04 bits per heavy atom. The summed E-state index contributed by atoms with van der Waals surface area (Å²) in [7, 11) is -0.521. The minimum Gasteiger partial charge on any atom is -0.484 e. The number of ether oxygens (including phenoxy) is 1. The highest BCUT2D eigenvalue weighted by atomic mass is 32.2. The Kier molecular flexibility index (Phi) is 6.55. The van der Waals surface area contributed by atoms with Gasteiger partial charge in [-0.1, -0.05) is 30.3 Å². The average Bonchev–Trinajstić information content (AvgIpc) is 2.61. The van der Waals surface area contributed by atoms with E-state index in [-0.39, 0.29) is 17.4 Å². The number of carbonyl (C=O) groups excluding carboxylic acids is 1. The third-order valence-corrected chi connectivity index (χ3v) is 5.38. The molecule has 6 nitrogen and oxygen atoms in total. The second-order valence-corrected chi connectivity index (χ2v) is 7.78. The van der Waals surface area contributed by atoms with E-state index in [1.165, 1.54) is 38.4 Å². The molecule has 0 bridgehead atoms. The molecule has 2 aromatic rings. The van der Waals surface area contributed by atoms with Crippen molar-refractivity contribution in [1.29, 1.82) is 0 Å². The monoisotopic (exact) mass is 362 g/mol. The molecule has 1 N–H and O–H groups in total. The van der Waals surface area contributed by atoms with Crippen molar-refractivity contribution in [3.05, 3.63) is 60.2 Å². The van der Waals surface area contributed by atoms with E-state index in [2.05, 4.69) is 5.32 Å². The van der Waals surface area contributed by atoms with Gasteiger partial charge in [-0.05, 0) is 36.2 Å². The second kappa shape index (κ2) is 8.64. The molecule has 134 valence electrons. The van der Waals surface area contributed by atoms with Crippen molar-refractivity contribution in [1.82, 2.24) is 9.62 Å². The van der Waals surface area contributed by atoms with Crippen LogP contribution in [0.4, 0.5) is 0 Å². The Morgan fingerprint density at radius 2 is 1.68 bits per heavy atom. The van der Waals surface area contributed by atoms with Gasteiger partial charge in [0.15, 0.2) is 6.61 Å². The van der Waals surface area contributed by atoms with E-state index in [9.17, 15) is 13.2 Å². The molecule has 0 fully saturated rings. The van der Waals surface area contributed by atoms with Crippen molar-refractivity contribution in [3.63, 3.8) is 0 Å². The molecule has 0 aliphatic carbocycles. The van der Waals surface area contributed by atoms with Crippen LogP contribution in [0.1, 0.15) is 5.56 Å². The SMILES string of the molecule is CN(C)S(=O)(=O)c1ccc(OCC(=O)NCCc2ccccc2)cc1. The van der Waals surface area contributed by atoms with Crippen LogP contribution in [0.2, 0.25) is 0 Å². The lowest BCUT2D eigenvalue weighted by Crippen LogP contribution is -2.30. The van der Waals surface area contributed by atoms with Crippen molar-refractivity contribution in [2.24, 2.45) is 0 Å². The van der Waals surface area contributed by atoms with Gasteiger partial charge < -0.3 is 10.1 Å². The molecular weight excluding hydrogens is 340 g/mol. The Morgan fingerprint density at radius 3 is 2.28 bits per heavy atom. The number of benzene rings is 2. The molecule has 0 unspecified atom stereocenters. The normalized spacial score (nSPS) is 11.3. The first-order chi connectivity index (χ1) is 11.9. The Hall–Kier alpha value is -2.38. The number of amides is 1. The zero-order valence-corrected chi connectivity index (χ0v) is 15.1. The molecule has 0 aliphatic heterocycles. The van der Waals surface area contributed by atoms with E-state index in [0.29, 0.717) is 12.3 Å². The van der Waals surface area contributed by atoms with Crippen LogP contribution in [-0.2, 0) is 21.2 Å². The fourth-order valence-electron chi connectivity index (χ4n) is 2.11. The lowest BCUT2D eigenvalue weighted by Gasteiger charge is -2.12. The third kappa shape index (κ3) is 5.58. The Balaban J connectivity index is 1.78. The Labute approximate surface area is 148 Å². The lowest BCUT2D eigenvalue weighted by atomic mass is 10.1. The number of hydrogen-bond acceptors (Lipinski definition) is 4. The predicted octanol–water partition coefficient (Wildman–Crippen LogP) is 1.67. The van der Waals surface area contributed by atoms with Crippen molar-refractivity contribution < 1.29 is 17.9 Å². The van der Waals surface area contributed by atoms with Gasteiger partial charge in [0.1, 0.15) is 5.75 Å². The summed E-state index contributed by atoms with van der Waals surface area (Å²) in [5.74, 6) is 0.219. The topological polar surface area (TPSA) is 75.7 Å². The summed E-state index contributed by atoms with van der Waals surface area (Å²) in [6.07, 6.45) is 0.754. The van der Waals surface area contributed by atoms with Crippen LogP contribution >= 0.6 is 0 Å². The summed E-state index contributed by atoms with van der Waals surface area (Å²) >= 11 is 0. The fourth-order valence-corrected chi connectivity index (χ4v) is 3.01. The minimum atomic E-state index is -3.46. The third-order valence-electron chi connectivity index (χ3n) is 3.55. The molecule has 0 aliphatic rings. The maximum atomic E-state index is 12.0. The molecular formula is C18H22N2O4S. The lowest BCUT2D eigenvalue weighted by molar-refractivity contribution is -0.123. The number of nitrogens with one attached hydrogen (secondary N) is 1. The zero-order chi connectivity index (χ0) is 18.3. The highest BCUT2D eigenvalue weighted by Crippen LogP contribution is 2.17. The van der Waals surface area contributed by atoms with Crippen LogP contribution in [0.3, 0.4) is 0 Å². The van der Waals surface area contributed by atoms with E-state index >= 15 is 0 Å². The summed E-state index contributed by atoms with van der Waals surface area (Å²) in [6, 6.07) is 15.9. The van der Waals surface area contributed by atoms with Gasteiger partial charge in [0, 0.05) is 20.6 Å².